The second-order valence-electron chi connectivity index (χ2n) is 10.3. The number of ether oxygens (including phenoxy) is 2. The Hall–Kier alpha value is -4.04. The SMILES string of the molecule is CCN(CC#CC(=O)N1CCC(N(C)c2nc(OC)nc3c(F)c(-c4cccc5cccc(Cl)c45)ncc23)C1)CCOC. The number of methoxy groups -OCH3 is 2. The molecule has 0 saturated carbocycles. The average Bonchev–Trinajstić information content (AvgIpc) is 3.53. The molecule has 2 aromatic carbocycles. The summed E-state index contributed by atoms with van der Waals surface area (Å²) >= 11 is 6.52. The number of nitrogens with zero attached hydrogens (tertiary/aromatic N) is 6. The predicted molar refractivity (Wildman–Crippen MR) is 167 cm³/mol. The molecule has 1 unspecified atom stereocenters. The van der Waals surface area contributed by atoms with Gasteiger partial charge in [-0.15, -0.1) is 0 Å². The van der Waals surface area contributed by atoms with Gasteiger partial charge in [-0.1, -0.05) is 54.8 Å². The third-order valence-corrected chi connectivity index (χ3v) is 8.14. The fourth-order valence-corrected chi connectivity index (χ4v) is 5.64. The summed E-state index contributed by atoms with van der Waals surface area (Å²) in [5.41, 5.74) is 0.802. The lowest BCUT2D eigenvalue weighted by Crippen LogP contribution is -2.37. The number of amides is 1. The molecule has 5 rings (SSSR count). The monoisotopic (exact) mass is 604 g/mol. The molecule has 1 saturated heterocycles. The zero-order chi connectivity index (χ0) is 30.5. The van der Waals surface area contributed by atoms with Crippen LogP contribution in [-0.4, -0.2) is 97.3 Å². The van der Waals surface area contributed by atoms with Crippen LogP contribution in [0.15, 0.2) is 42.6 Å². The molecule has 0 N–H and O–H groups in total. The molecule has 1 atom stereocenters. The van der Waals surface area contributed by atoms with E-state index in [0.717, 1.165) is 18.5 Å². The van der Waals surface area contributed by atoms with Gasteiger partial charge in [0, 0.05) is 62.0 Å². The molecule has 9 nitrogen and oxygen atoms in total. The van der Waals surface area contributed by atoms with Crippen molar-refractivity contribution >= 4 is 45.0 Å². The van der Waals surface area contributed by atoms with E-state index < -0.39 is 5.82 Å². The second kappa shape index (κ2) is 13.5. The molecule has 0 spiro atoms. The van der Waals surface area contributed by atoms with Crippen LogP contribution < -0.4 is 9.64 Å². The Morgan fingerprint density at radius 3 is 2.74 bits per heavy atom. The van der Waals surface area contributed by atoms with Crippen molar-refractivity contribution in [3.05, 3.63) is 53.4 Å². The highest BCUT2D eigenvalue weighted by atomic mass is 35.5. The van der Waals surface area contributed by atoms with Crippen LogP contribution in [0.2, 0.25) is 5.02 Å². The minimum Gasteiger partial charge on any atom is -0.467 e. The lowest BCUT2D eigenvalue weighted by Gasteiger charge is -2.27. The first kappa shape index (κ1) is 30.4. The molecule has 224 valence electrons. The summed E-state index contributed by atoms with van der Waals surface area (Å²) in [6, 6.07) is 11.1. The largest absolute Gasteiger partial charge is 0.467 e. The zero-order valence-corrected chi connectivity index (χ0v) is 25.5. The van der Waals surface area contributed by atoms with Gasteiger partial charge in [0.05, 0.1) is 25.6 Å². The first-order valence-electron chi connectivity index (χ1n) is 14.2. The van der Waals surface area contributed by atoms with Gasteiger partial charge in [-0.3, -0.25) is 14.7 Å². The molecule has 0 radical (unpaired) electrons. The van der Waals surface area contributed by atoms with Crippen molar-refractivity contribution in [3.63, 3.8) is 0 Å². The maximum absolute atomic E-state index is 16.2. The van der Waals surface area contributed by atoms with Gasteiger partial charge in [-0.05, 0) is 30.3 Å². The predicted octanol–water partition coefficient (Wildman–Crippen LogP) is 4.65. The van der Waals surface area contributed by atoms with Crippen molar-refractivity contribution < 1.29 is 18.7 Å². The van der Waals surface area contributed by atoms with Crippen LogP contribution in [0.3, 0.4) is 0 Å². The van der Waals surface area contributed by atoms with E-state index in [2.05, 4.69) is 31.7 Å². The normalized spacial score (nSPS) is 14.8. The number of hydrogen-bond donors (Lipinski definition) is 0. The Kier molecular flexibility index (Phi) is 9.56. The molecule has 4 aromatic rings. The Morgan fingerprint density at radius 2 is 2.00 bits per heavy atom. The molecule has 3 heterocycles. The van der Waals surface area contributed by atoms with Crippen LogP contribution >= 0.6 is 11.6 Å². The Bertz CT molecular complexity index is 1700. The smallest absolute Gasteiger partial charge is 0.318 e. The number of likely N-dealkylation sites (N-methyl/N-ethyl adjacent to an activating group) is 2. The van der Waals surface area contributed by atoms with E-state index in [1.165, 1.54) is 7.11 Å². The van der Waals surface area contributed by atoms with E-state index in [-0.39, 0.29) is 29.2 Å². The zero-order valence-electron chi connectivity index (χ0n) is 24.7. The topological polar surface area (TPSA) is 83.9 Å². The van der Waals surface area contributed by atoms with Crippen LogP contribution in [0.4, 0.5) is 10.2 Å². The Morgan fingerprint density at radius 1 is 1.21 bits per heavy atom. The van der Waals surface area contributed by atoms with Crippen LogP contribution in [0.25, 0.3) is 32.9 Å². The van der Waals surface area contributed by atoms with E-state index in [4.69, 9.17) is 21.1 Å². The molecule has 1 amide bonds. The lowest BCUT2D eigenvalue weighted by molar-refractivity contribution is -0.124. The summed E-state index contributed by atoms with van der Waals surface area (Å²) in [7, 11) is 4.98. The summed E-state index contributed by atoms with van der Waals surface area (Å²) in [5, 5.41) is 2.54. The van der Waals surface area contributed by atoms with Gasteiger partial charge in [0.15, 0.2) is 5.82 Å². The minimum atomic E-state index is -0.592. The van der Waals surface area contributed by atoms with Gasteiger partial charge in [0.25, 0.3) is 5.91 Å². The fourth-order valence-electron chi connectivity index (χ4n) is 5.35. The number of hydrogen-bond acceptors (Lipinski definition) is 8. The molecule has 2 aromatic heterocycles. The van der Waals surface area contributed by atoms with Crippen molar-refractivity contribution in [1.82, 2.24) is 24.8 Å². The number of pyridine rings is 1. The third kappa shape index (κ3) is 6.34. The summed E-state index contributed by atoms with van der Waals surface area (Å²) in [4.78, 5) is 32.1. The van der Waals surface area contributed by atoms with E-state index >= 15 is 4.39 Å². The molecule has 1 fully saturated rings. The van der Waals surface area contributed by atoms with Gasteiger partial charge in [0.1, 0.15) is 17.0 Å². The summed E-state index contributed by atoms with van der Waals surface area (Å²) in [6.07, 6.45) is 2.29. The van der Waals surface area contributed by atoms with E-state index in [0.29, 0.717) is 59.8 Å². The maximum atomic E-state index is 16.2. The van der Waals surface area contributed by atoms with Crippen molar-refractivity contribution in [1.29, 1.82) is 0 Å². The van der Waals surface area contributed by atoms with Gasteiger partial charge in [-0.25, -0.2) is 4.39 Å². The molecule has 1 aliphatic rings. The van der Waals surface area contributed by atoms with Crippen molar-refractivity contribution in [2.75, 3.05) is 65.5 Å². The van der Waals surface area contributed by atoms with Crippen LogP contribution in [0, 0.1) is 17.7 Å². The summed E-state index contributed by atoms with van der Waals surface area (Å²) in [6.45, 7) is 5.77. The van der Waals surface area contributed by atoms with Gasteiger partial charge >= 0.3 is 6.01 Å². The van der Waals surface area contributed by atoms with Gasteiger partial charge < -0.3 is 19.3 Å². The number of carbonyl (C=O) groups is 1. The van der Waals surface area contributed by atoms with Crippen LogP contribution in [-0.2, 0) is 9.53 Å². The fraction of sp³-hybridized carbons (Fsp3) is 0.375. The molecule has 43 heavy (non-hydrogen) atoms. The van der Waals surface area contributed by atoms with Crippen molar-refractivity contribution in [3.8, 4) is 29.1 Å². The van der Waals surface area contributed by atoms with Gasteiger partial charge in [-0.2, -0.15) is 9.97 Å². The third-order valence-electron chi connectivity index (χ3n) is 7.82. The highest BCUT2D eigenvalue weighted by molar-refractivity contribution is 6.36. The average molecular weight is 605 g/mol. The number of halogens is 2. The maximum Gasteiger partial charge on any atom is 0.318 e. The number of carbonyl (C=O) groups excluding carboxylic acids is 1. The highest BCUT2D eigenvalue weighted by Gasteiger charge is 2.31. The first-order valence-corrected chi connectivity index (χ1v) is 14.5. The molecule has 0 bridgehead atoms. The van der Waals surface area contributed by atoms with E-state index in [1.54, 1.807) is 30.3 Å². The summed E-state index contributed by atoms with van der Waals surface area (Å²) in [5.74, 6) is 5.44. The minimum absolute atomic E-state index is 0.0344. The molecule has 0 aliphatic carbocycles. The van der Waals surface area contributed by atoms with Crippen molar-refractivity contribution in [2.45, 2.75) is 19.4 Å². The quantitative estimate of drug-likeness (QED) is 0.255. The van der Waals surface area contributed by atoms with Crippen LogP contribution in [0.1, 0.15) is 13.3 Å². The Labute approximate surface area is 255 Å². The van der Waals surface area contributed by atoms with E-state index in [9.17, 15) is 4.79 Å². The molecule has 11 heteroatoms. The number of fused-ring (bicyclic) bond motifs is 2. The van der Waals surface area contributed by atoms with Crippen LogP contribution in [0.5, 0.6) is 6.01 Å². The molecular weight excluding hydrogens is 571 g/mol. The number of rotatable bonds is 9. The summed E-state index contributed by atoms with van der Waals surface area (Å²) < 4.78 is 26.7. The number of likely N-dealkylation sites (tertiary alicyclic amines) is 1. The molecular formula is C32H34ClFN6O3. The van der Waals surface area contributed by atoms with E-state index in [1.807, 2.05) is 43.1 Å². The first-order chi connectivity index (χ1) is 20.9. The van der Waals surface area contributed by atoms with Crippen molar-refractivity contribution in [2.24, 2.45) is 0 Å². The second-order valence-corrected chi connectivity index (χ2v) is 10.7. The lowest BCUT2D eigenvalue weighted by atomic mass is 10.0. The Balaban J connectivity index is 1.41. The molecule has 1 aliphatic heterocycles. The number of anilines is 1. The number of benzene rings is 2. The van der Waals surface area contributed by atoms with Gasteiger partial charge in [0.2, 0.25) is 0 Å². The standard InChI is InChI=1S/C32H34ClFN6O3/c1-5-39(17-18-42-3)15-8-13-26(41)40-16-14-22(20-40)38(2)31-24-19-35-29(28(34)30(24)36-32(37-31)43-4)23-11-6-9-21-10-7-12-25(33)27(21)23/h6-7,9-12,19,22H,5,14-18,20H2,1-4H3. The number of aromatic nitrogens is 3. The highest BCUT2D eigenvalue weighted by Crippen LogP contribution is 2.37.